The van der Waals surface area contributed by atoms with Gasteiger partial charge in [-0.05, 0) is 46.0 Å². The van der Waals surface area contributed by atoms with Crippen LogP contribution in [0.4, 0.5) is 0 Å². The fourth-order valence-corrected chi connectivity index (χ4v) is 2.43. The minimum absolute atomic E-state index is 0.0181. The molecule has 0 atom stereocenters. The highest BCUT2D eigenvalue weighted by Gasteiger charge is 2.06. The maximum Gasteiger partial charge on any atom is 0.157 e. The van der Waals surface area contributed by atoms with Gasteiger partial charge in [0.1, 0.15) is 0 Å². The van der Waals surface area contributed by atoms with E-state index in [0.29, 0.717) is 0 Å². The lowest BCUT2D eigenvalue weighted by Crippen LogP contribution is -2.17. The van der Waals surface area contributed by atoms with Crippen LogP contribution >= 0.6 is 15.9 Å². The molecule has 0 N–H and O–H groups in total. The molecule has 0 aliphatic heterocycles. The third kappa shape index (κ3) is 14.5. The fourth-order valence-electron chi connectivity index (χ4n) is 2.17. The Morgan fingerprint density at radius 3 is 1.95 bits per heavy atom. The number of allylic oxidation sites excluding steroid dienone is 2. The van der Waals surface area contributed by atoms with Gasteiger partial charge in [-0.3, -0.25) is 0 Å². The predicted octanol–water partition coefficient (Wildman–Crippen LogP) is 5.85. The first-order valence-corrected chi connectivity index (χ1v) is 9.41. The topological polar surface area (TPSA) is 18.5 Å². The van der Waals surface area contributed by atoms with E-state index in [1.165, 1.54) is 44.9 Å². The molecule has 0 spiro atoms. The number of hydrogen-bond donors (Lipinski definition) is 0. The van der Waals surface area contributed by atoms with E-state index in [-0.39, 0.29) is 6.29 Å². The van der Waals surface area contributed by atoms with Crippen molar-refractivity contribution in [3.63, 3.8) is 0 Å². The van der Waals surface area contributed by atoms with Gasteiger partial charge in [0.2, 0.25) is 0 Å². The summed E-state index contributed by atoms with van der Waals surface area (Å²) in [6.45, 7) is 5.54. The highest BCUT2D eigenvalue weighted by Crippen LogP contribution is 2.12. The van der Waals surface area contributed by atoms with E-state index in [9.17, 15) is 0 Å². The van der Waals surface area contributed by atoms with Crippen LogP contribution in [0.1, 0.15) is 71.6 Å². The van der Waals surface area contributed by atoms with E-state index < -0.39 is 0 Å². The Balaban J connectivity index is 3.26. The molecule has 0 aliphatic rings. The first-order valence-electron chi connectivity index (χ1n) is 8.29. The summed E-state index contributed by atoms with van der Waals surface area (Å²) in [5, 5.41) is 1.08. The van der Waals surface area contributed by atoms with Gasteiger partial charge in [-0.2, -0.15) is 0 Å². The molecule has 0 rings (SSSR count). The third-order valence-electron chi connectivity index (χ3n) is 3.21. The van der Waals surface area contributed by atoms with Crippen LogP contribution in [0.5, 0.6) is 0 Å². The minimum atomic E-state index is 0.0181. The Bertz CT molecular complexity index is 201. The number of hydrogen-bond acceptors (Lipinski definition) is 2. The molecule has 2 nitrogen and oxygen atoms in total. The second kappa shape index (κ2) is 17.2. The van der Waals surface area contributed by atoms with Crippen molar-refractivity contribution in [3.05, 3.63) is 12.2 Å². The minimum Gasteiger partial charge on any atom is -0.353 e. The van der Waals surface area contributed by atoms with Crippen molar-refractivity contribution in [2.45, 2.75) is 77.9 Å². The monoisotopic (exact) mass is 348 g/mol. The van der Waals surface area contributed by atoms with Crippen LogP contribution in [-0.4, -0.2) is 24.8 Å². The molecule has 0 aromatic carbocycles. The molecular formula is C17H33BrO2. The molecule has 20 heavy (non-hydrogen) atoms. The highest BCUT2D eigenvalue weighted by molar-refractivity contribution is 9.09. The van der Waals surface area contributed by atoms with Crippen LogP contribution in [0.15, 0.2) is 12.2 Å². The second-order valence-electron chi connectivity index (χ2n) is 4.99. The zero-order valence-electron chi connectivity index (χ0n) is 13.4. The number of unbranched alkanes of at least 4 members (excludes halogenated alkanes) is 6. The number of rotatable bonds is 15. The summed E-state index contributed by atoms with van der Waals surface area (Å²) in [6.07, 6.45) is 16.0. The predicted molar refractivity (Wildman–Crippen MR) is 91.5 cm³/mol. The molecule has 0 saturated heterocycles. The van der Waals surface area contributed by atoms with E-state index >= 15 is 0 Å². The van der Waals surface area contributed by atoms with Crippen molar-refractivity contribution < 1.29 is 9.47 Å². The van der Waals surface area contributed by atoms with Crippen LogP contribution in [0.3, 0.4) is 0 Å². The highest BCUT2D eigenvalue weighted by atomic mass is 79.9. The zero-order valence-corrected chi connectivity index (χ0v) is 15.0. The van der Waals surface area contributed by atoms with E-state index in [1.54, 1.807) is 0 Å². The molecule has 0 unspecified atom stereocenters. The Kier molecular flexibility index (Phi) is 17.3. The van der Waals surface area contributed by atoms with Gasteiger partial charge in [-0.25, -0.2) is 0 Å². The van der Waals surface area contributed by atoms with Crippen molar-refractivity contribution in [1.82, 2.24) is 0 Å². The van der Waals surface area contributed by atoms with Gasteiger partial charge in [0.25, 0.3) is 0 Å². The molecule has 0 bridgehead atoms. The van der Waals surface area contributed by atoms with Gasteiger partial charge in [0.15, 0.2) is 6.29 Å². The van der Waals surface area contributed by atoms with Crippen LogP contribution in [0.2, 0.25) is 0 Å². The van der Waals surface area contributed by atoms with Gasteiger partial charge in [-0.15, -0.1) is 0 Å². The summed E-state index contributed by atoms with van der Waals surface area (Å²) in [5.41, 5.74) is 0. The lowest BCUT2D eigenvalue weighted by Gasteiger charge is -2.16. The summed E-state index contributed by atoms with van der Waals surface area (Å²) in [7, 11) is 0. The second-order valence-corrected chi connectivity index (χ2v) is 5.78. The number of ether oxygens (including phenoxy) is 2. The Morgan fingerprint density at radius 1 is 0.800 bits per heavy atom. The standard InChI is InChI=1S/C17H33BrO2/c1-3-19-17(20-4-2)15-13-11-9-7-5-6-8-10-12-14-16-18/h10,12,17H,3-9,11,13-16H2,1-2H3/b12-10+. The maximum atomic E-state index is 5.54. The quantitative estimate of drug-likeness (QED) is 0.160. The van der Waals surface area contributed by atoms with Crippen LogP contribution in [-0.2, 0) is 9.47 Å². The smallest absolute Gasteiger partial charge is 0.157 e. The third-order valence-corrected chi connectivity index (χ3v) is 3.67. The number of alkyl halides is 1. The Morgan fingerprint density at radius 2 is 1.35 bits per heavy atom. The Hall–Kier alpha value is 0.140. The molecule has 0 radical (unpaired) electrons. The molecule has 0 amide bonds. The number of halogens is 1. The van der Waals surface area contributed by atoms with Crippen LogP contribution < -0.4 is 0 Å². The summed E-state index contributed by atoms with van der Waals surface area (Å²) >= 11 is 3.43. The van der Waals surface area contributed by atoms with E-state index in [4.69, 9.17) is 9.47 Å². The van der Waals surface area contributed by atoms with E-state index in [0.717, 1.165) is 31.4 Å². The van der Waals surface area contributed by atoms with Gasteiger partial charge in [0.05, 0.1) is 0 Å². The molecule has 0 aromatic heterocycles. The molecule has 0 fully saturated rings. The average molecular weight is 349 g/mol. The van der Waals surface area contributed by atoms with Crippen molar-refractivity contribution in [1.29, 1.82) is 0 Å². The normalized spacial score (nSPS) is 11.8. The lowest BCUT2D eigenvalue weighted by molar-refractivity contribution is -0.140. The fraction of sp³-hybridized carbons (Fsp3) is 0.882. The van der Waals surface area contributed by atoms with Crippen molar-refractivity contribution in [2.24, 2.45) is 0 Å². The molecule has 0 aliphatic carbocycles. The molecule has 0 heterocycles. The first-order chi connectivity index (χ1) is 9.85. The summed E-state index contributed by atoms with van der Waals surface area (Å²) in [4.78, 5) is 0. The molecule has 120 valence electrons. The van der Waals surface area contributed by atoms with Crippen LogP contribution in [0.25, 0.3) is 0 Å². The van der Waals surface area contributed by atoms with Gasteiger partial charge >= 0.3 is 0 Å². The van der Waals surface area contributed by atoms with Crippen LogP contribution in [0, 0.1) is 0 Å². The Labute approximate surface area is 134 Å². The summed E-state index contributed by atoms with van der Waals surface area (Å²) in [5.74, 6) is 0. The van der Waals surface area contributed by atoms with Crippen molar-refractivity contribution >= 4 is 15.9 Å². The van der Waals surface area contributed by atoms with Crippen molar-refractivity contribution in [3.8, 4) is 0 Å². The average Bonchev–Trinajstić information content (AvgIpc) is 2.45. The maximum absolute atomic E-state index is 5.54. The molecular weight excluding hydrogens is 316 g/mol. The largest absolute Gasteiger partial charge is 0.353 e. The van der Waals surface area contributed by atoms with Crippen molar-refractivity contribution in [2.75, 3.05) is 18.5 Å². The SMILES string of the molecule is CCOC(CCCCCCCC/C=C/CCBr)OCC. The molecule has 0 aromatic rings. The summed E-state index contributed by atoms with van der Waals surface area (Å²) < 4.78 is 11.1. The summed E-state index contributed by atoms with van der Waals surface area (Å²) in [6, 6.07) is 0. The van der Waals surface area contributed by atoms with E-state index in [1.807, 2.05) is 13.8 Å². The van der Waals surface area contributed by atoms with Gasteiger partial charge in [-0.1, -0.05) is 53.8 Å². The first kappa shape index (κ1) is 20.1. The lowest BCUT2D eigenvalue weighted by atomic mass is 10.1. The van der Waals surface area contributed by atoms with Gasteiger partial charge in [0, 0.05) is 18.5 Å². The molecule has 3 heteroatoms. The molecule has 0 saturated carbocycles. The zero-order chi connectivity index (χ0) is 14.9. The van der Waals surface area contributed by atoms with E-state index in [2.05, 4.69) is 28.1 Å². The van der Waals surface area contributed by atoms with Gasteiger partial charge < -0.3 is 9.47 Å².